The predicted octanol–water partition coefficient (Wildman–Crippen LogP) is 3.40. The molecule has 0 fully saturated rings. The fourth-order valence-corrected chi connectivity index (χ4v) is 2.64. The summed E-state index contributed by atoms with van der Waals surface area (Å²) in [6.07, 6.45) is 4.22. The first kappa shape index (κ1) is 15.3. The number of rotatable bonds is 6. The van der Waals surface area contributed by atoms with E-state index < -0.39 is 0 Å². The van der Waals surface area contributed by atoms with Gasteiger partial charge in [-0.3, -0.25) is 16.3 Å². The molecule has 0 aliphatic rings. The van der Waals surface area contributed by atoms with E-state index >= 15 is 0 Å². The number of nitrogens with zero attached hydrogens (tertiary/aromatic N) is 1. The minimum atomic E-state index is 0.106. The summed E-state index contributed by atoms with van der Waals surface area (Å²) in [6.45, 7) is 0. The zero-order valence-corrected chi connectivity index (χ0v) is 12.5. The quantitative estimate of drug-likeness (QED) is 0.635. The van der Waals surface area contributed by atoms with E-state index in [2.05, 4.69) is 10.4 Å². The average molecular weight is 310 g/mol. The molecule has 1 atom stereocenters. The molecule has 2 aromatic rings. The predicted molar refractivity (Wildman–Crippen MR) is 83.8 cm³/mol. The Morgan fingerprint density at radius 1 is 1.10 bits per heavy atom. The van der Waals surface area contributed by atoms with Gasteiger partial charge in [-0.2, -0.15) is 0 Å². The summed E-state index contributed by atoms with van der Waals surface area (Å²) in [6, 6.07) is 11.5. The molecule has 0 bridgehead atoms. The zero-order valence-electron chi connectivity index (χ0n) is 11.0. The second-order valence-electron chi connectivity index (χ2n) is 4.63. The summed E-state index contributed by atoms with van der Waals surface area (Å²) < 4.78 is 0. The van der Waals surface area contributed by atoms with Crippen LogP contribution in [0.4, 0.5) is 0 Å². The standard InChI is InChI=1S/C15H17Cl2N3/c16-14-5-3-6-15(17)13(14)10-12(20-18)8-7-11-4-1-2-9-19-11/h1-6,9,12,20H,7-8,10,18H2. The van der Waals surface area contributed by atoms with Crippen LogP contribution in [0.3, 0.4) is 0 Å². The van der Waals surface area contributed by atoms with Gasteiger partial charge in [-0.15, -0.1) is 0 Å². The first-order valence-electron chi connectivity index (χ1n) is 6.49. The highest BCUT2D eigenvalue weighted by molar-refractivity contribution is 6.36. The van der Waals surface area contributed by atoms with Crippen LogP contribution in [-0.2, 0) is 12.8 Å². The monoisotopic (exact) mass is 309 g/mol. The van der Waals surface area contributed by atoms with Gasteiger partial charge in [0.1, 0.15) is 0 Å². The van der Waals surface area contributed by atoms with Gasteiger partial charge in [-0.05, 0) is 49.1 Å². The van der Waals surface area contributed by atoms with Crippen LogP contribution in [0.2, 0.25) is 10.0 Å². The number of nitrogens with two attached hydrogens (primary N) is 1. The van der Waals surface area contributed by atoms with Crippen molar-refractivity contribution in [1.82, 2.24) is 10.4 Å². The van der Waals surface area contributed by atoms with Gasteiger partial charge >= 0.3 is 0 Å². The molecular formula is C15H17Cl2N3. The van der Waals surface area contributed by atoms with E-state index in [0.29, 0.717) is 16.5 Å². The molecule has 0 aliphatic carbocycles. The molecule has 1 aromatic heterocycles. The second-order valence-corrected chi connectivity index (χ2v) is 5.44. The van der Waals surface area contributed by atoms with Gasteiger partial charge in [0.05, 0.1) is 0 Å². The number of hydrogen-bond donors (Lipinski definition) is 2. The van der Waals surface area contributed by atoms with Crippen LogP contribution < -0.4 is 11.3 Å². The Morgan fingerprint density at radius 2 is 1.85 bits per heavy atom. The summed E-state index contributed by atoms with van der Waals surface area (Å²) in [4.78, 5) is 4.31. The third-order valence-corrected chi connectivity index (χ3v) is 3.93. The van der Waals surface area contributed by atoms with Crippen molar-refractivity contribution in [2.75, 3.05) is 0 Å². The lowest BCUT2D eigenvalue weighted by Gasteiger charge is -2.17. The Bertz CT molecular complexity index is 526. The second kappa shape index (κ2) is 7.60. The largest absolute Gasteiger partial charge is 0.271 e. The zero-order chi connectivity index (χ0) is 14.4. The number of halogens is 2. The van der Waals surface area contributed by atoms with Crippen LogP contribution in [0.1, 0.15) is 17.7 Å². The smallest absolute Gasteiger partial charge is 0.0453 e. The molecule has 3 N–H and O–H groups in total. The van der Waals surface area contributed by atoms with Gasteiger partial charge in [0, 0.05) is 28.0 Å². The fraction of sp³-hybridized carbons (Fsp3) is 0.267. The molecule has 0 aliphatic heterocycles. The number of aryl methyl sites for hydroxylation is 1. The molecule has 2 rings (SSSR count). The summed E-state index contributed by atoms with van der Waals surface area (Å²) in [5, 5.41) is 1.35. The van der Waals surface area contributed by atoms with Crippen molar-refractivity contribution >= 4 is 23.2 Å². The SMILES string of the molecule is NNC(CCc1ccccn1)Cc1c(Cl)cccc1Cl. The minimum absolute atomic E-state index is 0.106. The van der Waals surface area contributed by atoms with Crippen LogP contribution in [-0.4, -0.2) is 11.0 Å². The number of aromatic nitrogens is 1. The lowest BCUT2D eigenvalue weighted by molar-refractivity contribution is 0.489. The molecule has 0 amide bonds. The van der Waals surface area contributed by atoms with Gasteiger partial charge in [-0.1, -0.05) is 35.3 Å². The molecule has 0 spiro atoms. The van der Waals surface area contributed by atoms with Gasteiger partial charge in [0.25, 0.3) is 0 Å². The lowest BCUT2D eigenvalue weighted by Crippen LogP contribution is -2.37. The van der Waals surface area contributed by atoms with Crippen LogP contribution in [0.25, 0.3) is 0 Å². The molecule has 0 radical (unpaired) electrons. The molecule has 5 heteroatoms. The molecule has 1 heterocycles. The Balaban J connectivity index is 1.99. The van der Waals surface area contributed by atoms with E-state index in [0.717, 1.165) is 24.1 Å². The molecule has 1 aromatic carbocycles. The molecule has 0 saturated carbocycles. The molecular weight excluding hydrogens is 293 g/mol. The topological polar surface area (TPSA) is 50.9 Å². The van der Waals surface area contributed by atoms with Gasteiger partial charge in [-0.25, -0.2) is 0 Å². The van der Waals surface area contributed by atoms with Crippen molar-refractivity contribution in [2.24, 2.45) is 5.84 Å². The fourth-order valence-electron chi connectivity index (χ4n) is 2.09. The number of benzene rings is 1. The van der Waals surface area contributed by atoms with Crippen molar-refractivity contribution in [3.8, 4) is 0 Å². The maximum atomic E-state index is 6.18. The highest BCUT2D eigenvalue weighted by Gasteiger charge is 2.13. The van der Waals surface area contributed by atoms with Crippen LogP contribution in [0.15, 0.2) is 42.6 Å². The third kappa shape index (κ3) is 4.18. The molecule has 3 nitrogen and oxygen atoms in total. The number of hydrazine groups is 1. The van der Waals surface area contributed by atoms with Gasteiger partial charge < -0.3 is 0 Å². The Labute approximate surface area is 129 Å². The number of nitrogens with one attached hydrogen (secondary N) is 1. The van der Waals surface area contributed by atoms with Crippen molar-refractivity contribution in [3.05, 3.63) is 63.9 Å². The van der Waals surface area contributed by atoms with Gasteiger partial charge in [0.15, 0.2) is 0 Å². The first-order chi connectivity index (χ1) is 9.70. The van der Waals surface area contributed by atoms with E-state index in [9.17, 15) is 0 Å². The molecule has 106 valence electrons. The van der Waals surface area contributed by atoms with Crippen LogP contribution in [0, 0.1) is 0 Å². The van der Waals surface area contributed by atoms with Crippen molar-refractivity contribution in [2.45, 2.75) is 25.3 Å². The normalized spacial score (nSPS) is 12.3. The minimum Gasteiger partial charge on any atom is -0.271 e. The van der Waals surface area contributed by atoms with Crippen LogP contribution >= 0.6 is 23.2 Å². The third-order valence-electron chi connectivity index (χ3n) is 3.22. The van der Waals surface area contributed by atoms with E-state index in [1.807, 2.05) is 36.4 Å². The molecule has 1 unspecified atom stereocenters. The van der Waals surface area contributed by atoms with E-state index in [-0.39, 0.29) is 6.04 Å². The molecule has 20 heavy (non-hydrogen) atoms. The lowest BCUT2D eigenvalue weighted by atomic mass is 10.0. The van der Waals surface area contributed by atoms with Crippen molar-refractivity contribution in [1.29, 1.82) is 0 Å². The first-order valence-corrected chi connectivity index (χ1v) is 7.25. The van der Waals surface area contributed by atoms with E-state index in [4.69, 9.17) is 29.0 Å². The summed E-state index contributed by atoms with van der Waals surface area (Å²) in [5.74, 6) is 5.63. The van der Waals surface area contributed by atoms with E-state index in [1.165, 1.54) is 0 Å². The van der Waals surface area contributed by atoms with Gasteiger partial charge in [0.2, 0.25) is 0 Å². The van der Waals surface area contributed by atoms with Crippen molar-refractivity contribution in [3.63, 3.8) is 0 Å². The highest BCUT2D eigenvalue weighted by Crippen LogP contribution is 2.26. The average Bonchev–Trinajstić information content (AvgIpc) is 2.47. The molecule has 0 saturated heterocycles. The Morgan fingerprint density at radius 3 is 2.45 bits per heavy atom. The summed E-state index contributed by atoms with van der Waals surface area (Å²) in [7, 11) is 0. The highest BCUT2D eigenvalue weighted by atomic mass is 35.5. The Hall–Kier alpha value is -1.13. The van der Waals surface area contributed by atoms with E-state index in [1.54, 1.807) is 6.20 Å². The number of hydrogen-bond acceptors (Lipinski definition) is 3. The number of pyridine rings is 1. The maximum absolute atomic E-state index is 6.18. The van der Waals surface area contributed by atoms with Crippen molar-refractivity contribution < 1.29 is 0 Å². The van der Waals surface area contributed by atoms with Crippen LogP contribution in [0.5, 0.6) is 0 Å². The summed E-state index contributed by atoms with van der Waals surface area (Å²) in [5.41, 5.74) is 4.81. The summed E-state index contributed by atoms with van der Waals surface area (Å²) >= 11 is 12.4. The maximum Gasteiger partial charge on any atom is 0.0453 e. The Kier molecular flexibility index (Phi) is 5.80.